The van der Waals surface area contributed by atoms with Crippen molar-refractivity contribution in [1.29, 1.82) is 0 Å². The summed E-state index contributed by atoms with van der Waals surface area (Å²) in [5.41, 5.74) is 1.12. The molecule has 2 aromatic rings. The van der Waals surface area contributed by atoms with Gasteiger partial charge in [0.1, 0.15) is 0 Å². The highest BCUT2D eigenvalue weighted by molar-refractivity contribution is 6.32. The largest absolute Gasteiger partial charge is 0.493 e. The van der Waals surface area contributed by atoms with Crippen LogP contribution in [0.4, 0.5) is 0 Å². The molecule has 0 fully saturated rings. The van der Waals surface area contributed by atoms with Crippen molar-refractivity contribution in [3.63, 3.8) is 0 Å². The van der Waals surface area contributed by atoms with Crippen molar-refractivity contribution < 1.29 is 23.8 Å². The van der Waals surface area contributed by atoms with E-state index in [9.17, 15) is 9.59 Å². The molecule has 0 unspecified atom stereocenters. The fourth-order valence-corrected chi connectivity index (χ4v) is 2.60. The van der Waals surface area contributed by atoms with Crippen LogP contribution in [0, 0.1) is 0 Å². The van der Waals surface area contributed by atoms with Gasteiger partial charge in [-0.05, 0) is 31.5 Å². The van der Waals surface area contributed by atoms with Gasteiger partial charge in [0.15, 0.2) is 17.6 Å². The van der Waals surface area contributed by atoms with Crippen LogP contribution in [-0.4, -0.2) is 31.7 Å². The van der Waals surface area contributed by atoms with Gasteiger partial charge in [-0.2, -0.15) is 0 Å². The summed E-state index contributed by atoms with van der Waals surface area (Å²) >= 11 is 6.16. The molecule has 0 aliphatic carbocycles. The van der Waals surface area contributed by atoms with E-state index in [0.29, 0.717) is 24.7 Å². The molecule has 27 heavy (non-hydrogen) atoms. The van der Waals surface area contributed by atoms with Gasteiger partial charge in [-0.25, -0.2) is 4.79 Å². The molecule has 0 saturated heterocycles. The summed E-state index contributed by atoms with van der Waals surface area (Å²) in [4.78, 5) is 24.5. The SMILES string of the molecule is CCOc1c(Cl)cc(C(=O)O[C@H](C)C(=O)NCc2ccccc2)cc1OC. The smallest absolute Gasteiger partial charge is 0.339 e. The predicted molar refractivity (Wildman–Crippen MR) is 102 cm³/mol. The highest BCUT2D eigenvalue weighted by Gasteiger charge is 2.21. The molecule has 0 bridgehead atoms. The van der Waals surface area contributed by atoms with Gasteiger partial charge in [0, 0.05) is 6.54 Å². The Labute approximate surface area is 163 Å². The summed E-state index contributed by atoms with van der Waals surface area (Å²) in [6.45, 7) is 4.07. The van der Waals surface area contributed by atoms with E-state index >= 15 is 0 Å². The van der Waals surface area contributed by atoms with Crippen molar-refractivity contribution in [3.8, 4) is 11.5 Å². The third-order valence-electron chi connectivity index (χ3n) is 3.72. The minimum Gasteiger partial charge on any atom is -0.493 e. The Kier molecular flexibility index (Phi) is 7.49. The lowest BCUT2D eigenvalue weighted by Gasteiger charge is -2.15. The zero-order chi connectivity index (χ0) is 19.8. The molecule has 2 aromatic carbocycles. The Morgan fingerprint density at radius 3 is 2.52 bits per heavy atom. The van der Waals surface area contributed by atoms with Crippen LogP contribution in [0.1, 0.15) is 29.8 Å². The van der Waals surface area contributed by atoms with Gasteiger partial charge < -0.3 is 19.5 Å². The zero-order valence-electron chi connectivity index (χ0n) is 15.5. The fourth-order valence-electron chi connectivity index (χ4n) is 2.33. The van der Waals surface area contributed by atoms with Crippen LogP contribution < -0.4 is 14.8 Å². The Morgan fingerprint density at radius 1 is 1.19 bits per heavy atom. The molecule has 0 heterocycles. The second kappa shape index (κ2) is 9.83. The van der Waals surface area contributed by atoms with Crippen LogP contribution in [0.2, 0.25) is 5.02 Å². The number of carbonyl (C=O) groups is 2. The summed E-state index contributed by atoms with van der Waals surface area (Å²) in [6.07, 6.45) is -0.961. The molecule has 0 aliphatic rings. The summed E-state index contributed by atoms with van der Waals surface area (Å²) in [6, 6.07) is 12.3. The summed E-state index contributed by atoms with van der Waals surface area (Å²) in [5.74, 6) is -0.402. The number of nitrogens with one attached hydrogen (secondary N) is 1. The minimum absolute atomic E-state index is 0.169. The van der Waals surface area contributed by atoms with Crippen molar-refractivity contribution in [2.24, 2.45) is 0 Å². The average Bonchev–Trinajstić information content (AvgIpc) is 2.68. The van der Waals surface area contributed by atoms with Crippen LogP contribution in [0.5, 0.6) is 11.5 Å². The van der Waals surface area contributed by atoms with E-state index in [4.69, 9.17) is 25.8 Å². The monoisotopic (exact) mass is 391 g/mol. The van der Waals surface area contributed by atoms with Gasteiger partial charge in [0.2, 0.25) is 0 Å². The maximum Gasteiger partial charge on any atom is 0.339 e. The number of esters is 1. The van der Waals surface area contributed by atoms with E-state index in [2.05, 4.69) is 5.32 Å². The molecule has 0 saturated carbocycles. The number of hydrogen-bond donors (Lipinski definition) is 1. The zero-order valence-corrected chi connectivity index (χ0v) is 16.2. The minimum atomic E-state index is -0.961. The molecule has 1 amide bonds. The Bertz CT molecular complexity index is 794. The van der Waals surface area contributed by atoms with Gasteiger partial charge in [0.05, 0.1) is 24.3 Å². The fraction of sp³-hybridized carbons (Fsp3) is 0.300. The lowest BCUT2D eigenvalue weighted by molar-refractivity contribution is -0.129. The maximum absolute atomic E-state index is 12.4. The predicted octanol–water partition coefficient (Wildman–Crippen LogP) is 3.61. The van der Waals surface area contributed by atoms with E-state index in [-0.39, 0.29) is 10.6 Å². The first-order valence-electron chi connectivity index (χ1n) is 8.49. The first kappa shape index (κ1) is 20.6. The molecular formula is C20H22ClNO5. The molecule has 0 aromatic heterocycles. The van der Waals surface area contributed by atoms with Crippen molar-refractivity contribution in [2.75, 3.05) is 13.7 Å². The van der Waals surface area contributed by atoms with Crippen LogP contribution in [0.25, 0.3) is 0 Å². The Hall–Kier alpha value is -2.73. The number of methoxy groups -OCH3 is 1. The van der Waals surface area contributed by atoms with E-state index in [0.717, 1.165) is 5.56 Å². The van der Waals surface area contributed by atoms with E-state index < -0.39 is 18.0 Å². The van der Waals surface area contributed by atoms with Crippen LogP contribution >= 0.6 is 11.6 Å². The van der Waals surface area contributed by atoms with Crippen molar-refractivity contribution in [2.45, 2.75) is 26.5 Å². The van der Waals surface area contributed by atoms with Gasteiger partial charge >= 0.3 is 5.97 Å². The molecule has 1 atom stereocenters. The number of halogens is 1. The number of amides is 1. The number of benzene rings is 2. The molecule has 0 spiro atoms. The number of ether oxygens (including phenoxy) is 3. The van der Waals surface area contributed by atoms with Crippen LogP contribution in [0.3, 0.4) is 0 Å². The van der Waals surface area contributed by atoms with E-state index in [1.54, 1.807) is 0 Å². The second-order valence-electron chi connectivity index (χ2n) is 5.67. The molecule has 6 nitrogen and oxygen atoms in total. The molecule has 7 heteroatoms. The summed E-state index contributed by atoms with van der Waals surface area (Å²) in [7, 11) is 1.45. The first-order valence-corrected chi connectivity index (χ1v) is 8.87. The van der Waals surface area contributed by atoms with Gasteiger partial charge in [-0.1, -0.05) is 41.9 Å². The highest BCUT2D eigenvalue weighted by atomic mass is 35.5. The molecule has 0 radical (unpaired) electrons. The molecule has 0 aliphatic heterocycles. The average molecular weight is 392 g/mol. The van der Waals surface area contributed by atoms with Crippen LogP contribution in [0.15, 0.2) is 42.5 Å². The summed E-state index contributed by atoms with van der Waals surface area (Å²) < 4.78 is 15.9. The van der Waals surface area contributed by atoms with Crippen molar-refractivity contribution in [3.05, 3.63) is 58.6 Å². The number of hydrogen-bond acceptors (Lipinski definition) is 5. The number of rotatable bonds is 8. The van der Waals surface area contributed by atoms with Crippen molar-refractivity contribution >= 4 is 23.5 Å². The molecule has 1 N–H and O–H groups in total. The normalized spacial score (nSPS) is 11.4. The first-order chi connectivity index (χ1) is 13.0. The Morgan fingerprint density at radius 2 is 1.89 bits per heavy atom. The van der Waals surface area contributed by atoms with Gasteiger partial charge in [-0.3, -0.25) is 4.79 Å². The molecular weight excluding hydrogens is 370 g/mol. The van der Waals surface area contributed by atoms with Crippen LogP contribution in [-0.2, 0) is 16.1 Å². The lowest BCUT2D eigenvalue weighted by Crippen LogP contribution is -2.35. The second-order valence-corrected chi connectivity index (χ2v) is 6.08. The van der Waals surface area contributed by atoms with Gasteiger partial charge in [0.25, 0.3) is 5.91 Å². The van der Waals surface area contributed by atoms with Crippen molar-refractivity contribution in [1.82, 2.24) is 5.32 Å². The third kappa shape index (κ3) is 5.62. The maximum atomic E-state index is 12.4. The summed E-state index contributed by atoms with van der Waals surface area (Å²) in [5, 5.41) is 2.95. The Balaban J connectivity index is 2.01. The topological polar surface area (TPSA) is 73.9 Å². The number of carbonyl (C=O) groups excluding carboxylic acids is 2. The lowest BCUT2D eigenvalue weighted by atomic mass is 10.2. The quantitative estimate of drug-likeness (QED) is 0.696. The van der Waals surface area contributed by atoms with E-state index in [1.165, 1.54) is 26.2 Å². The standard InChI is InChI=1S/C20H22ClNO5/c1-4-26-18-16(21)10-15(11-17(18)25-3)20(24)27-13(2)19(23)22-12-14-8-6-5-7-9-14/h5-11,13H,4,12H2,1-3H3,(H,22,23)/t13-/m1/s1. The van der Waals surface area contributed by atoms with Gasteiger partial charge in [-0.15, -0.1) is 0 Å². The molecule has 144 valence electrons. The third-order valence-corrected chi connectivity index (χ3v) is 4.00. The molecule has 2 rings (SSSR count). The van der Waals surface area contributed by atoms with E-state index in [1.807, 2.05) is 37.3 Å². The highest BCUT2D eigenvalue weighted by Crippen LogP contribution is 2.36.